The van der Waals surface area contributed by atoms with E-state index in [0.717, 1.165) is 25.6 Å². The molecule has 0 aliphatic carbocycles. The van der Waals surface area contributed by atoms with Crippen molar-refractivity contribution in [1.82, 2.24) is 15.1 Å². The lowest BCUT2D eigenvalue weighted by Gasteiger charge is -2.24. The fraction of sp³-hybridized carbons (Fsp3) is 0.588. The number of amides is 1. The standard InChI is InChI=1S/C17H25N3O/c1-19(10-14-6-3-2-4-7-14)17(21)13-20-11-15-8-5-9-18-16(15)12-20/h2-4,6-7,15-16,18H,5,8-13H2,1H3. The molecule has 114 valence electrons. The largest absolute Gasteiger partial charge is 0.340 e. The molecule has 0 spiro atoms. The van der Waals surface area contributed by atoms with Crippen LogP contribution in [0, 0.1) is 5.92 Å². The van der Waals surface area contributed by atoms with Crippen molar-refractivity contribution in [2.24, 2.45) is 5.92 Å². The number of benzene rings is 1. The summed E-state index contributed by atoms with van der Waals surface area (Å²) in [6.45, 7) is 4.48. The summed E-state index contributed by atoms with van der Waals surface area (Å²) < 4.78 is 0. The van der Waals surface area contributed by atoms with Gasteiger partial charge < -0.3 is 10.2 Å². The molecule has 1 amide bonds. The van der Waals surface area contributed by atoms with E-state index in [-0.39, 0.29) is 5.91 Å². The second-order valence-electron chi connectivity index (χ2n) is 6.39. The van der Waals surface area contributed by atoms with Crippen molar-refractivity contribution >= 4 is 5.91 Å². The number of likely N-dealkylation sites (N-methyl/N-ethyl adjacent to an activating group) is 1. The summed E-state index contributed by atoms with van der Waals surface area (Å²) in [6.07, 6.45) is 2.58. The number of carbonyl (C=O) groups excluding carboxylic acids is 1. The first kappa shape index (κ1) is 14.5. The molecule has 1 aromatic carbocycles. The van der Waals surface area contributed by atoms with Gasteiger partial charge in [-0.25, -0.2) is 0 Å². The molecule has 3 rings (SSSR count). The van der Waals surface area contributed by atoms with Gasteiger partial charge in [-0.2, -0.15) is 0 Å². The van der Waals surface area contributed by atoms with Crippen molar-refractivity contribution in [3.63, 3.8) is 0 Å². The third-order valence-corrected chi connectivity index (χ3v) is 4.72. The van der Waals surface area contributed by atoms with E-state index in [1.54, 1.807) is 0 Å². The molecule has 2 fully saturated rings. The Labute approximate surface area is 127 Å². The molecule has 1 aromatic rings. The molecule has 4 heteroatoms. The van der Waals surface area contributed by atoms with Gasteiger partial charge in [-0.05, 0) is 30.9 Å². The molecular formula is C17H25N3O. The molecule has 4 nitrogen and oxygen atoms in total. The highest BCUT2D eigenvalue weighted by Crippen LogP contribution is 2.24. The Bertz CT molecular complexity index is 462. The molecule has 0 bridgehead atoms. The monoisotopic (exact) mass is 287 g/mol. The van der Waals surface area contributed by atoms with E-state index in [9.17, 15) is 4.79 Å². The second-order valence-corrected chi connectivity index (χ2v) is 6.39. The summed E-state index contributed by atoms with van der Waals surface area (Å²) in [4.78, 5) is 16.5. The van der Waals surface area contributed by atoms with Crippen LogP contribution in [0.25, 0.3) is 0 Å². The molecule has 2 aliphatic heterocycles. The molecule has 21 heavy (non-hydrogen) atoms. The molecule has 2 unspecified atom stereocenters. The molecular weight excluding hydrogens is 262 g/mol. The molecule has 0 aromatic heterocycles. The first-order chi connectivity index (χ1) is 10.2. The minimum atomic E-state index is 0.220. The summed E-state index contributed by atoms with van der Waals surface area (Å²) in [5.74, 6) is 0.962. The minimum absolute atomic E-state index is 0.220. The highest BCUT2D eigenvalue weighted by atomic mass is 16.2. The minimum Gasteiger partial charge on any atom is -0.340 e. The van der Waals surface area contributed by atoms with Crippen LogP contribution < -0.4 is 5.32 Å². The number of nitrogens with one attached hydrogen (secondary N) is 1. The predicted molar refractivity (Wildman–Crippen MR) is 83.9 cm³/mol. The Morgan fingerprint density at radius 2 is 2.14 bits per heavy atom. The fourth-order valence-corrected chi connectivity index (χ4v) is 3.52. The summed E-state index contributed by atoms with van der Waals surface area (Å²) >= 11 is 0. The van der Waals surface area contributed by atoms with Gasteiger partial charge in [0.1, 0.15) is 0 Å². The Hall–Kier alpha value is -1.39. The molecule has 1 N–H and O–H groups in total. The lowest BCUT2D eigenvalue weighted by atomic mass is 9.94. The number of rotatable bonds is 4. The van der Waals surface area contributed by atoms with Gasteiger partial charge in [0.05, 0.1) is 6.54 Å². The molecule has 2 saturated heterocycles. The highest BCUT2D eigenvalue weighted by Gasteiger charge is 2.34. The zero-order valence-electron chi connectivity index (χ0n) is 12.8. The maximum Gasteiger partial charge on any atom is 0.236 e. The molecule has 2 aliphatic rings. The molecule has 2 atom stereocenters. The van der Waals surface area contributed by atoms with E-state index in [2.05, 4.69) is 22.3 Å². The van der Waals surface area contributed by atoms with Gasteiger partial charge >= 0.3 is 0 Å². The van der Waals surface area contributed by atoms with Crippen LogP contribution in [0.2, 0.25) is 0 Å². The zero-order chi connectivity index (χ0) is 14.7. The van der Waals surface area contributed by atoms with E-state index in [4.69, 9.17) is 0 Å². The predicted octanol–water partition coefficient (Wildman–Crippen LogP) is 1.33. The van der Waals surface area contributed by atoms with Gasteiger partial charge in [-0.3, -0.25) is 9.69 Å². The molecule has 0 saturated carbocycles. The van der Waals surface area contributed by atoms with Crippen molar-refractivity contribution < 1.29 is 4.79 Å². The lowest BCUT2D eigenvalue weighted by molar-refractivity contribution is -0.131. The number of hydrogen-bond donors (Lipinski definition) is 1. The van der Waals surface area contributed by atoms with Crippen LogP contribution in [0.15, 0.2) is 30.3 Å². The number of hydrogen-bond acceptors (Lipinski definition) is 3. The van der Waals surface area contributed by atoms with Gasteiger partial charge in [0, 0.05) is 32.7 Å². The van der Waals surface area contributed by atoms with Crippen molar-refractivity contribution in [2.45, 2.75) is 25.4 Å². The van der Waals surface area contributed by atoms with Crippen molar-refractivity contribution in [3.05, 3.63) is 35.9 Å². The number of carbonyl (C=O) groups is 1. The number of nitrogens with zero attached hydrogens (tertiary/aromatic N) is 2. The summed E-state index contributed by atoms with van der Waals surface area (Å²) in [6, 6.07) is 10.8. The summed E-state index contributed by atoms with van der Waals surface area (Å²) in [5.41, 5.74) is 1.19. The van der Waals surface area contributed by atoms with Crippen LogP contribution in [-0.4, -0.2) is 55.0 Å². The van der Waals surface area contributed by atoms with Crippen LogP contribution in [0.5, 0.6) is 0 Å². The van der Waals surface area contributed by atoms with E-state index in [0.29, 0.717) is 19.1 Å². The smallest absolute Gasteiger partial charge is 0.236 e. The fourth-order valence-electron chi connectivity index (χ4n) is 3.52. The van der Waals surface area contributed by atoms with Gasteiger partial charge in [0.25, 0.3) is 0 Å². The Morgan fingerprint density at radius 1 is 1.33 bits per heavy atom. The zero-order valence-corrected chi connectivity index (χ0v) is 12.8. The first-order valence-corrected chi connectivity index (χ1v) is 7.96. The van der Waals surface area contributed by atoms with Crippen molar-refractivity contribution in [3.8, 4) is 0 Å². The van der Waals surface area contributed by atoms with Crippen LogP contribution in [-0.2, 0) is 11.3 Å². The number of piperidine rings is 1. The van der Waals surface area contributed by atoms with Crippen LogP contribution in [0.3, 0.4) is 0 Å². The summed E-state index contributed by atoms with van der Waals surface area (Å²) in [5, 5.41) is 3.59. The Kier molecular flexibility index (Phi) is 4.56. The van der Waals surface area contributed by atoms with E-state index >= 15 is 0 Å². The second kappa shape index (κ2) is 6.58. The maximum atomic E-state index is 12.4. The number of likely N-dealkylation sites (tertiary alicyclic amines) is 1. The average Bonchev–Trinajstić information content (AvgIpc) is 2.90. The van der Waals surface area contributed by atoms with Gasteiger partial charge in [-0.15, -0.1) is 0 Å². The van der Waals surface area contributed by atoms with Crippen LogP contribution >= 0.6 is 0 Å². The maximum absolute atomic E-state index is 12.4. The normalized spacial score (nSPS) is 25.6. The van der Waals surface area contributed by atoms with Gasteiger partial charge in [0.2, 0.25) is 5.91 Å². The lowest BCUT2D eigenvalue weighted by Crippen LogP contribution is -2.41. The highest BCUT2D eigenvalue weighted by molar-refractivity contribution is 5.78. The first-order valence-electron chi connectivity index (χ1n) is 7.96. The van der Waals surface area contributed by atoms with Gasteiger partial charge in [-0.1, -0.05) is 30.3 Å². The summed E-state index contributed by atoms with van der Waals surface area (Å²) in [7, 11) is 1.90. The SMILES string of the molecule is CN(Cc1ccccc1)C(=O)CN1CC2CCCNC2C1. The van der Waals surface area contributed by atoms with Gasteiger partial charge in [0.15, 0.2) is 0 Å². The number of fused-ring (bicyclic) bond motifs is 1. The quantitative estimate of drug-likeness (QED) is 0.907. The van der Waals surface area contributed by atoms with Crippen LogP contribution in [0.1, 0.15) is 18.4 Å². The average molecular weight is 287 g/mol. The Balaban J connectivity index is 1.49. The van der Waals surface area contributed by atoms with Crippen molar-refractivity contribution in [1.29, 1.82) is 0 Å². The van der Waals surface area contributed by atoms with E-state index in [1.165, 1.54) is 18.4 Å². The van der Waals surface area contributed by atoms with E-state index in [1.807, 2.05) is 30.1 Å². The third-order valence-electron chi connectivity index (χ3n) is 4.72. The third kappa shape index (κ3) is 3.63. The van der Waals surface area contributed by atoms with Crippen LogP contribution in [0.4, 0.5) is 0 Å². The topological polar surface area (TPSA) is 35.6 Å². The van der Waals surface area contributed by atoms with E-state index < -0.39 is 0 Å². The molecule has 0 radical (unpaired) electrons. The Morgan fingerprint density at radius 3 is 2.90 bits per heavy atom. The molecule has 2 heterocycles. The van der Waals surface area contributed by atoms with Crippen molar-refractivity contribution in [2.75, 3.05) is 33.2 Å².